The SMILES string of the molecule is CC1(C)Cc2nc(-c3ccc(F)c(F)c3F)sc2C(O)C1. The van der Waals surface area contributed by atoms with Crippen molar-refractivity contribution in [2.24, 2.45) is 5.41 Å². The van der Waals surface area contributed by atoms with Crippen molar-refractivity contribution < 1.29 is 18.3 Å². The van der Waals surface area contributed by atoms with Crippen LogP contribution in [0.4, 0.5) is 13.2 Å². The fourth-order valence-corrected chi connectivity index (χ4v) is 3.79. The van der Waals surface area contributed by atoms with E-state index in [2.05, 4.69) is 4.98 Å². The highest BCUT2D eigenvalue weighted by Gasteiger charge is 2.34. The molecule has 112 valence electrons. The normalized spacial score (nSPS) is 20.4. The Morgan fingerprint density at radius 2 is 1.95 bits per heavy atom. The van der Waals surface area contributed by atoms with E-state index in [-0.39, 0.29) is 16.0 Å². The van der Waals surface area contributed by atoms with E-state index in [0.717, 1.165) is 17.4 Å². The Labute approximate surface area is 124 Å². The maximum atomic E-state index is 13.9. The molecule has 1 aromatic carbocycles. The first-order valence-electron chi connectivity index (χ1n) is 6.60. The minimum Gasteiger partial charge on any atom is -0.387 e. The first-order chi connectivity index (χ1) is 9.78. The van der Waals surface area contributed by atoms with Crippen LogP contribution in [0.15, 0.2) is 12.1 Å². The van der Waals surface area contributed by atoms with Crippen LogP contribution in [0.3, 0.4) is 0 Å². The smallest absolute Gasteiger partial charge is 0.195 e. The van der Waals surface area contributed by atoms with Gasteiger partial charge in [0, 0.05) is 5.56 Å². The highest BCUT2D eigenvalue weighted by atomic mass is 32.1. The zero-order valence-corrected chi connectivity index (χ0v) is 12.4. The minimum absolute atomic E-state index is 0.0710. The van der Waals surface area contributed by atoms with Crippen LogP contribution in [0.5, 0.6) is 0 Å². The molecule has 1 aromatic heterocycles. The molecule has 2 aromatic rings. The average molecular weight is 313 g/mol. The van der Waals surface area contributed by atoms with E-state index in [0.29, 0.717) is 23.4 Å². The molecule has 1 unspecified atom stereocenters. The summed E-state index contributed by atoms with van der Waals surface area (Å²) in [5.41, 5.74) is 0.547. The lowest BCUT2D eigenvalue weighted by Gasteiger charge is -2.31. The van der Waals surface area contributed by atoms with Crippen molar-refractivity contribution in [3.63, 3.8) is 0 Å². The van der Waals surface area contributed by atoms with Gasteiger partial charge in [0.25, 0.3) is 0 Å². The molecule has 1 N–H and O–H groups in total. The van der Waals surface area contributed by atoms with Crippen molar-refractivity contribution in [3.8, 4) is 10.6 Å². The molecule has 0 amide bonds. The molecular formula is C15H14F3NOS. The third-order valence-electron chi connectivity index (χ3n) is 3.69. The molecule has 0 spiro atoms. The van der Waals surface area contributed by atoms with Crippen LogP contribution in [0.2, 0.25) is 0 Å². The van der Waals surface area contributed by atoms with E-state index >= 15 is 0 Å². The molecule has 21 heavy (non-hydrogen) atoms. The molecule has 1 aliphatic carbocycles. The second-order valence-electron chi connectivity index (χ2n) is 6.11. The Morgan fingerprint density at radius 1 is 1.24 bits per heavy atom. The third-order valence-corrected chi connectivity index (χ3v) is 4.92. The number of thiazole rings is 1. The lowest BCUT2D eigenvalue weighted by Crippen LogP contribution is -2.24. The van der Waals surface area contributed by atoms with E-state index in [4.69, 9.17) is 0 Å². The quantitative estimate of drug-likeness (QED) is 0.799. The number of fused-ring (bicyclic) bond motifs is 1. The maximum absolute atomic E-state index is 13.9. The molecule has 6 heteroatoms. The van der Waals surface area contributed by atoms with Gasteiger partial charge in [-0.2, -0.15) is 0 Å². The summed E-state index contributed by atoms with van der Waals surface area (Å²) < 4.78 is 40.2. The van der Waals surface area contributed by atoms with Crippen LogP contribution in [-0.4, -0.2) is 10.1 Å². The van der Waals surface area contributed by atoms with Crippen LogP contribution in [0.1, 0.15) is 36.9 Å². The Kier molecular flexibility index (Phi) is 3.33. The van der Waals surface area contributed by atoms with Gasteiger partial charge in [-0.25, -0.2) is 18.2 Å². The molecule has 1 aliphatic rings. The van der Waals surface area contributed by atoms with Gasteiger partial charge in [0.15, 0.2) is 17.5 Å². The lowest BCUT2D eigenvalue weighted by atomic mass is 9.77. The predicted octanol–water partition coefficient (Wildman–Crippen LogP) is 4.23. The van der Waals surface area contributed by atoms with Crippen molar-refractivity contribution in [1.29, 1.82) is 0 Å². The number of benzene rings is 1. The fourth-order valence-electron chi connectivity index (χ4n) is 2.70. The third kappa shape index (κ3) is 2.46. The van der Waals surface area contributed by atoms with Gasteiger partial charge in [-0.1, -0.05) is 13.8 Å². The van der Waals surface area contributed by atoms with Gasteiger partial charge in [-0.15, -0.1) is 11.3 Å². The van der Waals surface area contributed by atoms with Crippen molar-refractivity contribution in [2.75, 3.05) is 0 Å². The number of halogens is 3. The molecule has 0 saturated carbocycles. The Bertz CT molecular complexity index is 711. The van der Waals surface area contributed by atoms with Crippen molar-refractivity contribution in [3.05, 3.63) is 40.2 Å². The van der Waals surface area contributed by atoms with Crippen LogP contribution in [0.25, 0.3) is 10.6 Å². The van der Waals surface area contributed by atoms with Gasteiger partial charge in [0.05, 0.1) is 16.7 Å². The second kappa shape index (κ2) is 4.81. The number of nitrogens with zero attached hydrogens (tertiary/aromatic N) is 1. The summed E-state index contributed by atoms with van der Waals surface area (Å²) in [7, 11) is 0. The average Bonchev–Trinajstić information content (AvgIpc) is 2.78. The molecule has 0 saturated heterocycles. The van der Waals surface area contributed by atoms with Crippen LogP contribution in [0, 0.1) is 22.9 Å². The highest BCUT2D eigenvalue weighted by Crippen LogP contribution is 2.45. The molecule has 1 atom stereocenters. The highest BCUT2D eigenvalue weighted by molar-refractivity contribution is 7.15. The molecule has 3 rings (SSSR count). The molecule has 0 fully saturated rings. The first-order valence-corrected chi connectivity index (χ1v) is 7.42. The van der Waals surface area contributed by atoms with Crippen molar-refractivity contribution in [2.45, 2.75) is 32.8 Å². The van der Waals surface area contributed by atoms with Gasteiger partial charge in [-0.3, -0.25) is 0 Å². The number of aliphatic hydroxyl groups excluding tert-OH is 1. The monoisotopic (exact) mass is 313 g/mol. The molecule has 0 radical (unpaired) electrons. The number of aliphatic hydroxyl groups is 1. The van der Waals surface area contributed by atoms with E-state index in [1.165, 1.54) is 6.07 Å². The minimum atomic E-state index is -1.50. The van der Waals surface area contributed by atoms with E-state index in [1.54, 1.807) is 0 Å². The van der Waals surface area contributed by atoms with Gasteiger partial charge in [0.2, 0.25) is 0 Å². The topological polar surface area (TPSA) is 33.1 Å². The number of hydrogen-bond donors (Lipinski definition) is 1. The summed E-state index contributed by atoms with van der Waals surface area (Å²) in [6, 6.07) is 2.06. The summed E-state index contributed by atoms with van der Waals surface area (Å²) in [5.74, 6) is -3.96. The summed E-state index contributed by atoms with van der Waals surface area (Å²) in [5, 5.41) is 10.4. The van der Waals surface area contributed by atoms with Gasteiger partial charge in [0.1, 0.15) is 5.01 Å². The Balaban J connectivity index is 2.09. The van der Waals surface area contributed by atoms with E-state index < -0.39 is 23.6 Å². The van der Waals surface area contributed by atoms with Crippen LogP contribution >= 0.6 is 11.3 Å². The summed E-state index contributed by atoms with van der Waals surface area (Å²) in [6.45, 7) is 4.05. The van der Waals surface area contributed by atoms with Gasteiger partial charge >= 0.3 is 0 Å². The number of aromatic nitrogens is 1. The number of rotatable bonds is 1. The zero-order valence-electron chi connectivity index (χ0n) is 11.6. The largest absolute Gasteiger partial charge is 0.387 e. The first kappa shape index (κ1) is 14.5. The molecular weight excluding hydrogens is 299 g/mol. The Morgan fingerprint density at radius 3 is 2.67 bits per heavy atom. The summed E-state index contributed by atoms with van der Waals surface area (Å²) >= 11 is 1.14. The van der Waals surface area contributed by atoms with E-state index in [9.17, 15) is 18.3 Å². The number of hydrogen-bond acceptors (Lipinski definition) is 3. The van der Waals surface area contributed by atoms with Crippen molar-refractivity contribution >= 4 is 11.3 Å². The lowest BCUT2D eigenvalue weighted by molar-refractivity contribution is 0.102. The molecule has 2 nitrogen and oxygen atoms in total. The van der Waals surface area contributed by atoms with Gasteiger partial charge < -0.3 is 5.11 Å². The Hall–Kier alpha value is -1.40. The standard InChI is InChI=1S/C15H14F3NOS/c1-15(2)5-9-13(10(20)6-15)21-14(19-9)7-3-4-8(16)12(18)11(7)17/h3-4,10,20H,5-6H2,1-2H3. The zero-order chi connectivity index (χ0) is 15.4. The maximum Gasteiger partial charge on any atom is 0.195 e. The molecule has 1 heterocycles. The molecule has 0 bridgehead atoms. The van der Waals surface area contributed by atoms with Crippen LogP contribution < -0.4 is 0 Å². The van der Waals surface area contributed by atoms with Crippen LogP contribution in [-0.2, 0) is 6.42 Å². The fraction of sp³-hybridized carbons (Fsp3) is 0.400. The second-order valence-corrected chi connectivity index (χ2v) is 7.14. The predicted molar refractivity (Wildman–Crippen MR) is 74.5 cm³/mol. The van der Waals surface area contributed by atoms with Crippen molar-refractivity contribution in [1.82, 2.24) is 4.98 Å². The summed E-state index contributed by atoms with van der Waals surface area (Å²) in [4.78, 5) is 5.02. The van der Waals surface area contributed by atoms with Gasteiger partial charge in [-0.05, 0) is 30.4 Å². The summed E-state index contributed by atoms with van der Waals surface area (Å²) in [6.07, 6.45) is 0.617. The van der Waals surface area contributed by atoms with E-state index in [1.807, 2.05) is 13.8 Å². The molecule has 0 aliphatic heterocycles.